The highest BCUT2D eigenvalue weighted by atomic mass is 16.8. The molecule has 0 aromatic rings. The molecule has 6 fully saturated rings. The molecule has 6 rings (SSSR count). The summed E-state index contributed by atoms with van der Waals surface area (Å²) in [5, 5.41) is 192. The Morgan fingerprint density at radius 3 is 1.26 bits per heavy atom. The molecule has 0 aromatic heterocycles. The van der Waals surface area contributed by atoms with Gasteiger partial charge in [-0.3, -0.25) is 14.4 Å². The second-order valence-corrected chi connectivity index (χ2v) is 33.4. The zero-order valence-corrected chi connectivity index (χ0v) is 71.5. The van der Waals surface area contributed by atoms with Crippen molar-refractivity contribution in [3.8, 4) is 0 Å². The molecule has 12 unspecified atom stereocenters. The highest BCUT2D eigenvalue weighted by Gasteiger charge is 2.58. The molecule has 19 N–H and O–H groups in total. The van der Waals surface area contributed by atoms with Crippen LogP contribution in [0.25, 0.3) is 0 Å². The van der Waals surface area contributed by atoms with Gasteiger partial charge in [0.15, 0.2) is 37.7 Å². The summed E-state index contributed by atoms with van der Waals surface area (Å²) in [6, 6.07) is -1.81. The Bertz CT molecular complexity index is 2670. The van der Waals surface area contributed by atoms with Gasteiger partial charge in [-0.15, -0.1) is 0 Å². The van der Waals surface area contributed by atoms with E-state index in [1.165, 1.54) is 161 Å². The third-order valence-corrected chi connectivity index (χ3v) is 23.6. The highest BCUT2D eigenvalue weighted by Crippen LogP contribution is 2.38. The van der Waals surface area contributed by atoms with Crippen LogP contribution >= 0.6 is 0 Å². The van der Waals surface area contributed by atoms with Crippen LogP contribution in [0.5, 0.6) is 0 Å². The summed E-state index contributed by atoms with van der Waals surface area (Å²) in [7, 11) is 0. The first-order valence-corrected chi connectivity index (χ1v) is 45.2. The van der Waals surface area contributed by atoms with E-state index in [0.717, 1.165) is 32.6 Å². The molecule has 36 heteroatoms. The standard InChI is InChI=1S/C84H154N2O34/c1-5-7-9-11-13-15-17-19-21-23-25-27-29-33-42-107-50-54(108-43-34-30-28-26-24-22-20-18-16-14-12-10-8-6-2)40-39-53(93)37-36-38-60(94)85-41-32-31-35-44-109-80-71(104)68(101)74(58(48-90)114-80)116-82-72(105)69(102)75(59(49-91)115-82)117-83-73(106)77(65(98)57(47-89)112-83)119-79-61(86-52(4)92)76(64(97)56(46-88)111-79)118-84-78(67(100)63(96)55(45-87)113-84)120-81-70(103)66(99)62(95)51(3)110-81/h51,54-59,61-84,87-91,95-106H,5-50H2,1-4H3,(H,85,94)(H,86,92)/t51?,54-,55?,56?,57?,58?,59?,61?,62+,63-,64-,65-,66-,67-,68+,69+,70?,71?,72?,73?,74+,75-,76+,77-,78?,79-,80-,81-,82-,83+,84-/m0/s1. The van der Waals surface area contributed by atoms with Crippen LogP contribution in [0.1, 0.15) is 259 Å². The third kappa shape index (κ3) is 35.1. The van der Waals surface area contributed by atoms with Crippen LogP contribution in [0.15, 0.2) is 0 Å². The van der Waals surface area contributed by atoms with Crippen molar-refractivity contribution in [3.63, 3.8) is 0 Å². The SMILES string of the molecule is CCCCCCCCCCCCCCCCOC[C@H](CCC(=O)CCCC(=O)NCCCCCO[C@H]1OC(CO)[C@@H](O[C@@H]2OC(CO)[C@H](O[C@H]3OC(CO)[C@H](O)[C@H](O[C@@H]4OC(CO)[C@H](O)[C@H](O[C@@H]5OC(CO)[C@H](O)[C@H](O)C5O[C@@H]5OC(C)[C@@H](O)[C@H](O)C5O)C4NC(C)=O)C3O)[C@H](O)C2O)[C@H](O)C1O)OCCCCCCCCCCCCCCCC. The van der Waals surface area contributed by atoms with Crippen molar-refractivity contribution in [2.24, 2.45) is 0 Å². The number of nitrogens with one attached hydrogen (secondary N) is 2. The topological polar surface area (TPSA) is 548 Å². The zero-order chi connectivity index (χ0) is 87.5. The zero-order valence-electron chi connectivity index (χ0n) is 71.5. The van der Waals surface area contributed by atoms with Crippen molar-refractivity contribution in [2.45, 2.75) is 449 Å². The Morgan fingerprint density at radius 2 is 0.733 bits per heavy atom. The van der Waals surface area contributed by atoms with E-state index in [1.54, 1.807) is 0 Å². The molecule has 6 saturated heterocycles. The first-order valence-electron chi connectivity index (χ1n) is 45.2. The van der Waals surface area contributed by atoms with Gasteiger partial charge in [-0.2, -0.15) is 0 Å². The van der Waals surface area contributed by atoms with Crippen LogP contribution < -0.4 is 10.6 Å². The van der Waals surface area contributed by atoms with Crippen LogP contribution in [0.3, 0.4) is 0 Å². The number of Topliss-reactive ketones (excluding diaryl/α,β-unsaturated/α-hetero) is 1. The fourth-order valence-electron chi connectivity index (χ4n) is 16.2. The maximum Gasteiger partial charge on any atom is 0.220 e. The number of ketones is 1. The average Bonchev–Trinajstić information content (AvgIpc) is 0.770. The minimum absolute atomic E-state index is 0.00726. The number of hydrogen-bond acceptors (Lipinski definition) is 34. The largest absolute Gasteiger partial charge is 0.394 e. The lowest BCUT2D eigenvalue weighted by Crippen LogP contribution is -2.70. The van der Waals surface area contributed by atoms with Crippen LogP contribution in [0.4, 0.5) is 0 Å². The van der Waals surface area contributed by atoms with E-state index in [-0.39, 0.29) is 37.2 Å². The molecule has 0 bridgehead atoms. The molecular formula is C84H154N2O34. The molecule has 36 nitrogen and oxygen atoms in total. The molecule has 6 heterocycles. The van der Waals surface area contributed by atoms with E-state index >= 15 is 0 Å². The maximum atomic E-state index is 13.1. The number of amides is 2. The number of ether oxygens (including phenoxy) is 14. The van der Waals surface area contributed by atoms with Crippen molar-refractivity contribution >= 4 is 17.6 Å². The van der Waals surface area contributed by atoms with Gasteiger partial charge in [0.05, 0.1) is 51.8 Å². The lowest BCUT2D eigenvalue weighted by atomic mass is 9.94. The molecule has 0 aliphatic carbocycles. The number of carbonyl (C=O) groups excluding carboxylic acids is 3. The van der Waals surface area contributed by atoms with Gasteiger partial charge in [0.25, 0.3) is 0 Å². The van der Waals surface area contributed by atoms with Crippen molar-refractivity contribution in [1.29, 1.82) is 0 Å². The van der Waals surface area contributed by atoms with E-state index in [9.17, 15) is 101 Å². The smallest absolute Gasteiger partial charge is 0.220 e. The average molecular weight is 1740 g/mol. The Labute approximate surface area is 708 Å². The summed E-state index contributed by atoms with van der Waals surface area (Å²) in [4.78, 5) is 38.9. The summed E-state index contributed by atoms with van der Waals surface area (Å²) in [5.74, 6) is -0.972. The van der Waals surface area contributed by atoms with Crippen LogP contribution in [-0.2, 0) is 80.7 Å². The highest BCUT2D eigenvalue weighted by molar-refractivity contribution is 5.80. The van der Waals surface area contributed by atoms with E-state index < -0.39 is 223 Å². The summed E-state index contributed by atoms with van der Waals surface area (Å²) in [6.07, 6.45) is -15.1. The molecule has 0 saturated carbocycles. The first-order chi connectivity index (χ1) is 57.9. The van der Waals surface area contributed by atoms with Gasteiger partial charge in [0.2, 0.25) is 11.8 Å². The summed E-state index contributed by atoms with van der Waals surface area (Å²) >= 11 is 0. The number of aliphatic hydroxyl groups excluding tert-OH is 17. The molecule has 0 aromatic carbocycles. The normalized spacial score (nSPS) is 35.2. The number of aliphatic hydroxyl groups is 17. The third-order valence-electron chi connectivity index (χ3n) is 23.6. The number of rotatable bonds is 63. The van der Waals surface area contributed by atoms with Gasteiger partial charge in [0, 0.05) is 52.6 Å². The van der Waals surface area contributed by atoms with Crippen LogP contribution in [0.2, 0.25) is 0 Å². The summed E-state index contributed by atoms with van der Waals surface area (Å²) < 4.78 is 82.7. The Morgan fingerprint density at radius 1 is 0.342 bits per heavy atom. The maximum absolute atomic E-state index is 13.1. The fraction of sp³-hybridized carbons (Fsp3) is 0.964. The van der Waals surface area contributed by atoms with Gasteiger partial charge >= 0.3 is 0 Å². The lowest BCUT2D eigenvalue weighted by Gasteiger charge is -2.51. The molecule has 6 aliphatic heterocycles. The molecular weight excluding hydrogens is 1580 g/mol. The predicted molar refractivity (Wildman–Crippen MR) is 429 cm³/mol. The first kappa shape index (κ1) is 106. The van der Waals surface area contributed by atoms with Crippen molar-refractivity contribution in [3.05, 3.63) is 0 Å². The Balaban J connectivity index is 0.917. The Kier molecular flexibility index (Phi) is 52.6. The molecule has 31 atom stereocenters. The fourth-order valence-corrected chi connectivity index (χ4v) is 16.2. The number of hydrogen-bond donors (Lipinski definition) is 19. The van der Waals surface area contributed by atoms with E-state index in [1.807, 2.05) is 0 Å². The molecule has 6 aliphatic rings. The summed E-state index contributed by atoms with van der Waals surface area (Å²) in [6.45, 7) is 4.09. The molecule has 120 heavy (non-hydrogen) atoms. The van der Waals surface area contributed by atoms with Crippen molar-refractivity contribution in [2.75, 3.05) is 66.0 Å². The molecule has 0 radical (unpaired) electrons. The second kappa shape index (κ2) is 59.5. The van der Waals surface area contributed by atoms with Gasteiger partial charge in [0.1, 0.15) is 146 Å². The number of carbonyl (C=O) groups is 3. The van der Waals surface area contributed by atoms with Gasteiger partial charge in [-0.05, 0) is 51.9 Å². The Hall–Kier alpha value is -2.63. The summed E-state index contributed by atoms with van der Waals surface area (Å²) in [5.41, 5.74) is 0. The van der Waals surface area contributed by atoms with Crippen molar-refractivity contribution < 1.29 is 168 Å². The molecule has 2 amide bonds. The van der Waals surface area contributed by atoms with Gasteiger partial charge in [-0.1, -0.05) is 181 Å². The molecule has 0 spiro atoms. The lowest BCUT2D eigenvalue weighted by molar-refractivity contribution is -0.393. The van der Waals surface area contributed by atoms with Crippen LogP contribution in [-0.4, -0.2) is 361 Å². The van der Waals surface area contributed by atoms with E-state index in [0.29, 0.717) is 64.9 Å². The van der Waals surface area contributed by atoms with Gasteiger partial charge < -0.3 is 164 Å². The van der Waals surface area contributed by atoms with Gasteiger partial charge in [-0.25, -0.2) is 0 Å². The number of unbranched alkanes of at least 4 members (excludes halogenated alkanes) is 28. The van der Waals surface area contributed by atoms with E-state index in [4.69, 9.17) is 66.3 Å². The molecule has 704 valence electrons. The minimum atomic E-state index is -2.24. The predicted octanol–water partition coefficient (Wildman–Crippen LogP) is 1.27. The minimum Gasteiger partial charge on any atom is -0.394 e. The van der Waals surface area contributed by atoms with Crippen molar-refractivity contribution in [1.82, 2.24) is 10.6 Å². The quantitative estimate of drug-likeness (QED) is 0.0381. The van der Waals surface area contributed by atoms with Crippen LogP contribution in [0, 0.1) is 0 Å². The second-order valence-electron chi connectivity index (χ2n) is 33.4. The monoisotopic (exact) mass is 1740 g/mol. The van der Waals surface area contributed by atoms with E-state index in [2.05, 4.69) is 24.5 Å².